The van der Waals surface area contributed by atoms with Crippen molar-refractivity contribution in [3.05, 3.63) is 35.9 Å². The van der Waals surface area contributed by atoms with Gasteiger partial charge in [0.05, 0.1) is 11.3 Å². The highest BCUT2D eigenvalue weighted by Gasteiger charge is 2.43. The average molecular weight is 387 g/mol. The molecule has 2 N–H and O–H groups in total. The van der Waals surface area contributed by atoms with Crippen LogP contribution in [-0.4, -0.2) is 38.5 Å². The SMILES string of the molecule is O=C(C1Nc2cc(C(F)(F)F)ccc2S(=O)(=O)N1)N1CCCC2(C=C2)C1. The standard InChI is InChI=1S/C16H16F3N3O3S/c17-16(18,19)10-2-3-12-11(8-10)20-13(21-26(12,24)25)14(23)22-7-1-4-15(9-22)5-6-15/h2-3,5-6,8,13,20-21H,1,4,7,9H2. The normalized spacial score (nSPS) is 25.5. The number of hydrogen-bond donors (Lipinski definition) is 2. The van der Waals surface area contributed by atoms with Crippen molar-refractivity contribution in [3.63, 3.8) is 0 Å². The first-order valence-corrected chi connectivity index (χ1v) is 9.57. The number of halogens is 3. The highest BCUT2D eigenvalue weighted by Crippen LogP contribution is 2.43. The molecule has 1 aromatic carbocycles. The summed E-state index contributed by atoms with van der Waals surface area (Å²) < 4.78 is 65.7. The molecular formula is C16H16F3N3O3S. The lowest BCUT2D eigenvalue weighted by atomic mass is 9.92. The number of nitrogens with zero attached hydrogens (tertiary/aromatic N) is 1. The molecule has 2 aliphatic heterocycles. The van der Waals surface area contributed by atoms with Crippen molar-refractivity contribution < 1.29 is 26.4 Å². The molecule has 3 aliphatic rings. The fraction of sp³-hybridized carbons (Fsp3) is 0.438. The first-order valence-electron chi connectivity index (χ1n) is 8.09. The number of amides is 1. The largest absolute Gasteiger partial charge is 0.416 e. The van der Waals surface area contributed by atoms with E-state index in [1.54, 1.807) is 4.90 Å². The molecule has 0 radical (unpaired) electrons. The van der Waals surface area contributed by atoms with E-state index in [-0.39, 0.29) is 16.0 Å². The number of piperidine rings is 1. The number of carbonyl (C=O) groups is 1. The van der Waals surface area contributed by atoms with E-state index in [1.165, 1.54) is 0 Å². The molecule has 1 saturated heterocycles. The van der Waals surface area contributed by atoms with Gasteiger partial charge in [-0.15, -0.1) is 0 Å². The minimum atomic E-state index is -4.61. The van der Waals surface area contributed by atoms with Gasteiger partial charge in [-0.2, -0.15) is 17.9 Å². The van der Waals surface area contributed by atoms with Crippen LogP contribution in [0.25, 0.3) is 0 Å². The molecule has 0 saturated carbocycles. The number of carbonyl (C=O) groups excluding carboxylic acids is 1. The monoisotopic (exact) mass is 387 g/mol. The van der Waals surface area contributed by atoms with Gasteiger partial charge >= 0.3 is 6.18 Å². The van der Waals surface area contributed by atoms with E-state index in [4.69, 9.17) is 0 Å². The van der Waals surface area contributed by atoms with Crippen molar-refractivity contribution in [2.45, 2.75) is 30.1 Å². The Bertz CT molecular complexity index is 905. The van der Waals surface area contributed by atoms with E-state index in [2.05, 4.69) is 10.0 Å². The van der Waals surface area contributed by atoms with Crippen LogP contribution < -0.4 is 10.0 Å². The van der Waals surface area contributed by atoms with E-state index in [9.17, 15) is 26.4 Å². The molecule has 1 fully saturated rings. The summed E-state index contributed by atoms with van der Waals surface area (Å²) in [6.07, 6.45) is -0.191. The number of alkyl halides is 3. The zero-order chi connectivity index (χ0) is 18.7. The molecule has 140 valence electrons. The molecule has 4 rings (SSSR count). The Morgan fingerprint density at radius 1 is 1.27 bits per heavy atom. The number of benzene rings is 1. The van der Waals surface area contributed by atoms with E-state index < -0.39 is 33.8 Å². The van der Waals surface area contributed by atoms with Gasteiger partial charge in [-0.1, -0.05) is 12.2 Å². The number of hydrogen-bond acceptors (Lipinski definition) is 4. The van der Waals surface area contributed by atoms with Crippen LogP contribution in [0.4, 0.5) is 18.9 Å². The Morgan fingerprint density at radius 2 is 2.00 bits per heavy atom. The Balaban J connectivity index is 1.61. The van der Waals surface area contributed by atoms with Crippen molar-refractivity contribution in [2.75, 3.05) is 18.4 Å². The van der Waals surface area contributed by atoms with Crippen LogP contribution in [-0.2, 0) is 21.0 Å². The molecule has 2 heterocycles. The molecule has 1 amide bonds. The molecule has 0 bridgehead atoms. The molecule has 0 aromatic heterocycles. The Labute approximate surface area is 148 Å². The van der Waals surface area contributed by atoms with Crippen LogP contribution in [0.1, 0.15) is 18.4 Å². The third kappa shape index (κ3) is 2.96. The molecule has 6 nitrogen and oxygen atoms in total. The maximum Gasteiger partial charge on any atom is 0.416 e. The van der Waals surface area contributed by atoms with Crippen LogP contribution in [0, 0.1) is 5.41 Å². The quantitative estimate of drug-likeness (QED) is 0.722. The van der Waals surface area contributed by atoms with Gasteiger partial charge in [0.15, 0.2) is 6.17 Å². The molecular weight excluding hydrogens is 371 g/mol. The smallest absolute Gasteiger partial charge is 0.360 e. The summed E-state index contributed by atoms with van der Waals surface area (Å²) in [5, 5.41) is 2.61. The van der Waals surface area contributed by atoms with Gasteiger partial charge in [-0.3, -0.25) is 4.79 Å². The molecule has 26 heavy (non-hydrogen) atoms. The van der Waals surface area contributed by atoms with Crippen molar-refractivity contribution in [2.24, 2.45) is 5.41 Å². The summed E-state index contributed by atoms with van der Waals surface area (Å²) in [6, 6.07) is 2.31. The summed E-state index contributed by atoms with van der Waals surface area (Å²) >= 11 is 0. The zero-order valence-corrected chi connectivity index (χ0v) is 14.3. The lowest BCUT2D eigenvalue weighted by Crippen LogP contribution is -2.56. The zero-order valence-electron chi connectivity index (χ0n) is 13.5. The van der Waals surface area contributed by atoms with Crippen molar-refractivity contribution in [1.82, 2.24) is 9.62 Å². The highest BCUT2D eigenvalue weighted by molar-refractivity contribution is 7.89. The average Bonchev–Trinajstić information content (AvgIpc) is 3.30. The van der Waals surface area contributed by atoms with E-state index in [0.717, 1.165) is 18.9 Å². The van der Waals surface area contributed by atoms with Gasteiger partial charge in [0.25, 0.3) is 5.91 Å². The first-order chi connectivity index (χ1) is 12.1. The van der Waals surface area contributed by atoms with Gasteiger partial charge in [-0.25, -0.2) is 8.42 Å². The van der Waals surface area contributed by atoms with Gasteiger partial charge in [0, 0.05) is 18.5 Å². The topological polar surface area (TPSA) is 78.5 Å². The second-order valence-corrected chi connectivity index (χ2v) is 8.52. The van der Waals surface area contributed by atoms with E-state index in [1.807, 2.05) is 12.2 Å². The number of likely N-dealkylation sites (tertiary alicyclic amines) is 1. The third-order valence-electron chi connectivity index (χ3n) is 4.92. The third-order valence-corrected chi connectivity index (χ3v) is 6.40. The maximum atomic E-state index is 12.9. The lowest BCUT2D eigenvalue weighted by Gasteiger charge is -2.37. The molecule has 1 unspecified atom stereocenters. The molecule has 1 aromatic rings. The van der Waals surface area contributed by atoms with Crippen molar-refractivity contribution in [3.8, 4) is 0 Å². The van der Waals surface area contributed by atoms with Crippen LogP contribution in [0.3, 0.4) is 0 Å². The van der Waals surface area contributed by atoms with Crippen LogP contribution in [0.15, 0.2) is 35.2 Å². The Kier molecular flexibility index (Phi) is 3.65. The highest BCUT2D eigenvalue weighted by atomic mass is 32.2. The second kappa shape index (κ2) is 5.46. The number of sulfonamides is 1. The lowest BCUT2D eigenvalue weighted by molar-refractivity contribution is -0.137. The van der Waals surface area contributed by atoms with Crippen molar-refractivity contribution >= 4 is 21.6 Å². The summed E-state index contributed by atoms with van der Waals surface area (Å²) in [5.74, 6) is -0.496. The summed E-state index contributed by atoms with van der Waals surface area (Å²) in [4.78, 5) is 14.0. The first kappa shape index (κ1) is 17.3. The Morgan fingerprint density at radius 3 is 2.65 bits per heavy atom. The second-order valence-electron chi connectivity index (χ2n) is 6.84. The van der Waals surface area contributed by atoms with E-state index in [0.29, 0.717) is 25.2 Å². The van der Waals surface area contributed by atoms with E-state index >= 15 is 0 Å². The van der Waals surface area contributed by atoms with Gasteiger partial charge in [-0.05, 0) is 31.0 Å². The van der Waals surface area contributed by atoms with Crippen LogP contribution in [0.5, 0.6) is 0 Å². The van der Waals surface area contributed by atoms with Crippen LogP contribution in [0.2, 0.25) is 0 Å². The maximum absolute atomic E-state index is 12.9. The number of anilines is 1. The summed E-state index contributed by atoms with van der Waals surface area (Å²) in [5.41, 5.74) is -1.30. The minimum Gasteiger partial charge on any atom is -0.360 e. The predicted molar refractivity (Wildman–Crippen MR) is 86.6 cm³/mol. The van der Waals surface area contributed by atoms with Crippen LogP contribution >= 0.6 is 0 Å². The fourth-order valence-electron chi connectivity index (χ4n) is 3.44. The predicted octanol–water partition coefficient (Wildman–Crippen LogP) is 1.91. The summed E-state index contributed by atoms with van der Waals surface area (Å²) in [6.45, 7) is 0.943. The molecule has 10 heteroatoms. The molecule has 1 aliphatic carbocycles. The molecule has 1 atom stereocenters. The minimum absolute atomic E-state index is 0.0944. The van der Waals surface area contributed by atoms with Crippen molar-refractivity contribution in [1.29, 1.82) is 0 Å². The molecule has 1 spiro atoms. The van der Waals surface area contributed by atoms with Gasteiger partial charge in [0.1, 0.15) is 4.90 Å². The fourth-order valence-corrected chi connectivity index (χ4v) is 4.69. The number of nitrogens with one attached hydrogen (secondary N) is 2. The summed E-state index contributed by atoms with van der Waals surface area (Å²) in [7, 11) is -4.09. The van der Waals surface area contributed by atoms with Gasteiger partial charge in [0.2, 0.25) is 10.0 Å². The number of fused-ring (bicyclic) bond motifs is 1. The Hall–Kier alpha value is -2.07. The number of rotatable bonds is 1. The van der Waals surface area contributed by atoms with Gasteiger partial charge < -0.3 is 10.2 Å².